The minimum atomic E-state index is -0.344. The van der Waals surface area contributed by atoms with Crippen molar-refractivity contribution < 1.29 is 4.79 Å². The van der Waals surface area contributed by atoms with Gasteiger partial charge in [-0.1, -0.05) is 23.8 Å². The molecule has 0 aliphatic carbocycles. The highest BCUT2D eigenvalue weighted by Gasteiger charge is 2.30. The summed E-state index contributed by atoms with van der Waals surface area (Å²) >= 11 is 6.37. The van der Waals surface area contributed by atoms with Gasteiger partial charge in [0.2, 0.25) is 5.91 Å². The summed E-state index contributed by atoms with van der Waals surface area (Å²) in [4.78, 5) is 13.9. The Bertz CT molecular complexity index is 546. The lowest BCUT2D eigenvalue weighted by molar-refractivity contribution is -0.117. The second-order valence-electron chi connectivity index (χ2n) is 4.58. The Morgan fingerprint density at radius 2 is 2.05 bits per heavy atom. The molecule has 1 unspecified atom stereocenters. The summed E-state index contributed by atoms with van der Waals surface area (Å²) in [5.41, 5.74) is 2.54. The van der Waals surface area contributed by atoms with Crippen LogP contribution in [0.2, 0.25) is 5.02 Å². The minimum Gasteiger partial charge on any atom is -0.363 e. The van der Waals surface area contributed by atoms with Crippen molar-refractivity contribution in [1.29, 1.82) is 0 Å². The lowest BCUT2D eigenvalue weighted by Gasteiger charge is -2.23. The van der Waals surface area contributed by atoms with Crippen LogP contribution in [0.15, 0.2) is 37.4 Å². The molecule has 2 N–H and O–H groups in total. The van der Waals surface area contributed by atoms with E-state index < -0.39 is 0 Å². The number of carbonyl (C=O) groups excluding carboxylic acids is 1. The maximum atomic E-state index is 11.8. The van der Waals surface area contributed by atoms with Gasteiger partial charge in [-0.25, -0.2) is 0 Å². The molecule has 1 atom stereocenters. The van der Waals surface area contributed by atoms with E-state index in [4.69, 9.17) is 11.6 Å². The van der Waals surface area contributed by atoms with Crippen molar-refractivity contribution in [2.75, 3.05) is 30.4 Å². The summed E-state index contributed by atoms with van der Waals surface area (Å²) in [7, 11) is 1.75. The monoisotopic (exact) mass is 291 g/mol. The fourth-order valence-corrected chi connectivity index (χ4v) is 2.67. The predicted molar refractivity (Wildman–Crippen MR) is 84.5 cm³/mol. The molecule has 0 bridgehead atoms. The number of anilines is 2. The van der Waals surface area contributed by atoms with E-state index in [2.05, 4.69) is 23.8 Å². The van der Waals surface area contributed by atoms with Gasteiger partial charge in [-0.3, -0.25) is 4.79 Å². The largest absolute Gasteiger partial charge is 0.363 e. The standard InChI is InChI=1S/C15H18ClN3O/c1-4-6-19(7-5-2)13-9-12-10(8-11(13)16)14(17-3)15(20)18-12/h4-5,8-9,14,17H,1-2,6-7H2,3H3,(H,18,20). The Morgan fingerprint density at radius 3 is 2.60 bits per heavy atom. The molecule has 4 nitrogen and oxygen atoms in total. The molecule has 0 saturated carbocycles. The Kier molecular flexibility index (Phi) is 4.47. The first kappa shape index (κ1) is 14.6. The summed E-state index contributed by atoms with van der Waals surface area (Å²) in [6.07, 6.45) is 3.62. The van der Waals surface area contributed by atoms with E-state index in [1.54, 1.807) is 7.05 Å². The number of rotatable bonds is 6. The van der Waals surface area contributed by atoms with Crippen molar-refractivity contribution in [2.45, 2.75) is 6.04 Å². The van der Waals surface area contributed by atoms with Gasteiger partial charge >= 0.3 is 0 Å². The quantitative estimate of drug-likeness (QED) is 0.792. The summed E-state index contributed by atoms with van der Waals surface area (Å²) < 4.78 is 0. The molecule has 2 rings (SSSR count). The van der Waals surface area contributed by atoms with Crippen LogP contribution in [0, 0.1) is 0 Å². The van der Waals surface area contributed by atoms with Gasteiger partial charge < -0.3 is 15.5 Å². The number of halogens is 1. The van der Waals surface area contributed by atoms with Crippen LogP contribution in [0.1, 0.15) is 11.6 Å². The first-order valence-corrected chi connectivity index (χ1v) is 6.78. The molecule has 1 aliphatic rings. The molecule has 1 heterocycles. The highest BCUT2D eigenvalue weighted by atomic mass is 35.5. The third-order valence-electron chi connectivity index (χ3n) is 3.28. The summed E-state index contributed by atoms with van der Waals surface area (Å²) in [6.45, 7) is 8.82. The number of hydrogen-bond donors (Lipinski definition) is 2. The molecule has 0 fully saturated rings. The maximum absolute atomic E-state index is 11.8. The maximum Gasteiger partial charge on any atom is 0.246 e. The number of likely N-dealkylation sites (N-methyl/N-ethyl adjacent to an activating group) is 1. The van der Waals surface area contributed by atoms with Crippen LogP contribution in [0.25, 0.3) is 0 Å². The van der Waals surface area contributed by atoms with Crippen LogP contribution in [0.5, 0.6) is 0 Å². The molecule has 20 heavy (non-hydrogen) atoms. The smallest absolute Gasteiger partial charge is 0.246 e. The molecular weight excluding hydrogens is 274 g/mol. The van der Waals surface area contributed by atoms with Crippen molar-refractivity contribution in [3.8, 4) is 0 Å². The number of nitrogens with one attached hydrogen (secondary N) is 2. The third-order valence-corrected chi connectivity index (χ3v) is 3.58. The van der Waals surface area contributed by atoms with Crippen LogP contribution in [0.3, 0.4) is 0 Å². The molecule has 0 aromatic heterocycles. The number of nitrogens with zero attached hydrogens (tertiary/aromatic N) is 1. The lowest BCUT2D eigenvalue weighted by Crippen LogP contribution is -2.24. The molecule has 0 radical (unpaired) electrons. The van der Waals surface area contributed by atoms with Gasteiger partial charge in [0.25, 0.3) is 0 Å². The van der Waals surface area contributed by atoms with Gasteiger partial charge in [0.1, 0.15) is 6.04 Å². The highest BCUT2D eigenvalue weighted by molar-refractivity contribution is 6.33. The topological polar surface area (TPSA) is 44.4 Å². The van der Waals surface area contributed by atoms with Crippen molar-refractivity contribution in [3.05, 3.63) is 48.0 Å². The normalized spacial score (nSPS) is 16.5. The van der Waals surface area contributed by atoms with Gasteiger partial charge in [0, 0.05) is 24.3 Å². The fraction of sp³-hybridized carbons (Fsp3) is 0.267. The first-order chi connectivity index (χ1) is 9.62. The number of hydrogen-bond acceptors (Lipinski definition) is 3. The van der Waals surface area contributed by atoms with Crippen molar-refractivity contribution in [3.63, 3.8) is 0 Å². The van der Waals surface area contributed by atoms with E-state index in [9.17, 15) is 4.79 Å². The average Bonchev–Trinajstić information content (AvgIpc) is 2.72. The van der Waals surface area contributed by atoms with Crippen LogP contribution >= 0.6 is 11.6 Å². The Hall–Kier alpha value is -1.78. The number of carbonyl (C=O) groups is 1. The number of benzene rings is 1. The second-order valence-corrected chi connectivity index (χ2v) is 4.99. The van der Waals surface area contributed by atoms with Gasteiger partial charge in [-0.15, -0.1) is 13.2 Å². The van der Waals surface area contributed by atoms with E-state index in [0.717, 1.165) is 16.9 Å². The molecule has 0 saturated heterocycles. The first-order valence-electron chi connectivity index (χ1n) is 6.40. The van der Waals surface area contributed by atoms with Crippen molar-refractivity contribution in [1.82, 2.24) is 5.32 Å². The summed E-state index contributed by atoms with van der Waals surface area (Å²) in [6, 6.07) is 3.40. The van der Waals surface area contributed by atoms with E-state index in [0.29, 0.717) is 18.1 Å². The van der Waals surface area contributed by atoms with Gasteiger partial charge in [-0.05, 0) is 19.2 Å². The molecular formula is C15H18ClN3O. The van der Waals surface area contributed by atoms with Crippen molar-refractivity contribution in [2.24, 2.45) is 0 Å². The van der Waals surface area contributed by atoms with Crippen LogP contribution in [0.4, 0.5) is 11.4 Å². The van der Waals surface area contributed by atoms with E-state index in [1.807, 2.05) is 29.2 Å². The molecule has 1 aromatic rings. The van der Waals surface area contributed by atoms with Crippen molar-refractivity contribution >= 4 is 28.9 Å². The van der Waals surface area contributed by atoms with E-state index in [1.165, 1.54) is 0 Å². The second kappa shape index (κ2) is 6.11. The fourth-order valence-electron chi connectivity index (χ4n) is 2.38. The zero-order chi connectivity index (χ0) is 14.7. The molecule has 1 amide bonds. The lowest BCUT2D eigenvalue weighted by atomic mass is 10.1. The summed E-state index contributed by atoms with van der Waals surface area (Å²) in [5, 5.41) is 6.46. The van der Waals surface area contributed by atoms with Crippen LogP contribution < -0.4 is 15.5 Å². The minimum absolute atomic E-state index is 0.0605. The van der Waals surface area contributed by atoms with Gasteiger partial charge in [-0.2, -0.15) is 0 Å². The number of fused-ring (bicyclic) bond motifs is 1. The average molecular weight is 292 g/mol. The Morgan fingerprint density at radius 1 is 1.40 bits per heavy atom. The molecule has 106 valence electrons. The van der Waals surface area contributed by atoms with E-state index >= 15 is 0 Å². The Balaban J connectivity index is 2.43. The molecule has 1 aromatic carbocycles. The SMILES string of the molecule is C=CCN(CC=C)c1cc2c(cc1Cl)C(NC)C(=O)N2. The highest BCUT2D eigenvalue weighted by Crippen LogP contribution is 2.38. The third kappa shape index (κ3) is 2.57. The number of amides is 1. The summed E-state index contributed by atoms with van der Waals surface area (Å²) in [5.74, 6) is -0.0605. The molecule has 0 spiro atoms. The zero-order valence-corrected chi connectivity index (χ0v) is 12.2. The van der Waals surface area contributed by atoms with Crippen LogP contribution in [-0.2, 0) is 4.79 Å². The Labute approximate surface area is 124 Å². The predicted octanol–water partition coefficient (Wildman–Crippen LogP) is 2.73. The van der Waals surface area contributed by atoms with Crippen LogP contribution in [-0.4, -0.2) is 26.0 Å². The van der Waals surface area contributed by atoms with Gasteiger partial charge in [0.15, 0.2) is 0 Å². The molecule has 1 aliphatic heterocycles. The molecule has 5 heteroatoms. The zero-order valence-electron chi connectivity index (χ0n) is 11.4. The van der Waals surface area contributed by atoms with Gasteiger partial charge in [0.05, 0.1) is 10.7 Å². The van der Waals surface area contributed by atoms with E-state index in [-0.39, 0.29) is 11.9 Å².